The minimum Gasteiger partial charge on any atom is -0.508 e. The van der Waals surface area contributed by atoms with Crippen LogP contribution in [0.3, 0.4) is 0 Å². The summed E-state index contributed by atoms with van der Waals surface area (Å²) in [5.74, 6) is 1.70. The highest BCUT2D eigenvalue weighted by molar-refractivity contribution is 5.94. The molecule has 0 radical (unpaired) electrons. The van der Waals surface area contributed by atoms with Crippen LogP contribution in [0.1, 0.15) is 50.1 Å². The van der Waals surface area contributed by atoms with E-state index >= 15 is 0 Å². The van der Waals surface area contributed by atoms with Gasteiger partial charge in [0.25, 0.3) is 5.91 Å². The Morgan fingerprint density at radius 1 is 1.21 bits per heavy atom. The van der Waals surface area contributed by atoms with Crippen molar-refractivity contribution in [3.63, 3.8) is 0 Å². The minimum absolute atomic E-state index is 0.0406. The van der Waals surface area contributed by atoms with E-state index in [1.807, 2.05) is 43.0 Å². The highest BCUT2D eigenvalue weighted by atomic mass is 16.5. The fourth-order valence-corrected chi connectivity index (χ4v) is 6.19. The lowest BCUT2D eigenvalue weighted by Crippen LogP contribution is -2.52. The Bertz CT molecular complexity index is 1350. The molecule has 1 saturated heterocycles. The van der Waals surface area contributed by atoms with Crippen LogP contribution in [0, 0.1) is 0 Å². The van der Waals surface area contributed by atoms with Crippen molar-refractivity contribution in [2.45, 2.75) is 45.2 Å². The summed E-state index contributed by atoms with van der Waals surface area (Å²) in [5, 5.41) is 20.7. The molecule has 0 saturated carbocycles. The number of aromatic nitrogens is 1. The number of hydrogen-bond donors (Lipinski definition) is 3. The molecule has 0 spiro atoms. The quantitative estimate of drug-likeness (QED) is 0.376. The molecule has 202 valence electrons. The van der Waals surface area contributed by atoms with Crippen LogP contribution in [0.15, 0.2) is 54.9 Å². The largest absolute Gasteiger partial charge is 0.508 e. The Hall–Kier alpha value is -3.49. The zero-order valence-electron chi connectivity index (χ0n) is 22.5. The molecule has 5 rings (SSSR count). The number of rotatable bonds is 10. The molecular weight excluding hydrogens is 480 g/mol. The molecule has 2 atom stereocenters. The molecule has 0 bridgehead atoms. The predicted molar refractivity (Wildman–Crippen MR) is 148 cm³/mol. The maximum Gasteiger partial charge on any atom is 0.254 e. The second kappa shape index (κ2) is 10.3. The number of aliphatic hydroxyl groups excluding tert-OH is 1. The van der Waals surface area contributed by atoms with Crippen LogP contribution in [0.5, 0.6) is 11.5 Å². The van der Waals surface area contributed by atoms with Crippen LogP contribution in [0.25, 0.3) is 10.9 Å². The number of likely N-dealkylation sites (N-methyl/N-ethyl adjacent to an activating group) is 1. The summed E-state index contributed by atoms with van der Waals surface area (Å²) in [5.41, 5.74) is 3.16. The van der Waals surface area contributed by atoms with E-state index in [9.17, 15) is 15.0 Å². The fourth-order valence-electron chi connectivity index (χ4n) is 6.19. The second-order valence-electron chi connectivity index (χ2n) is 10.4. The zero-order valence-corrected chi connectivity index (χ0v) is 22.5. The van der Waals surface area contributed by atoms with Crippen LogP contribution in [-0.4, -0.2) is 80.7 Å². The Kier molecular flexibility index (Phi) is 7.11. The van der Waals surface area contributed by atoms with Gasteiger partial charge in [0.2, 0.25) is 0 Å². The molecule has 3 aromatic rings. The smallest absolute Gasteiger partial charge is 0.254 e. The van der Waals surface area contributed by atoms with Crippen LogP contribution < -0.4 is 4.74 Å². The molecule has 0 aliphatic carbocycles. The molecule has 1 fully saturated rings. The van der Waals surface area contributed by atoms with Crippen molar-refractivity contribution in [1.82, 2.24) is 19.7 Å². The third-order valence-corrected chi connectivity index (χ3v) is 8.01. The number of fused-ring (bicyclic) bond motifs is 4. The van der Waals surface area contributed by atoms with Crippen molar-refractivity contribution in [3.05, 3.63) is 71.7 Å². The molecule has 8 nitrogen and oxygen atoms in total. The van der Waals surface area contributed by atoms with Crippen LogP contribution >= 0.6 is 0 Å². The first-order chi connectivity index (χ1) is 18.3. The number of phenols is 1. The molecule has 3 N–H and O–H groups in total. The van der Waals surface area contributed by atoms with Crippen molar-refractivity contribution in [1.29, 1.82) is 0 Å². The number of aromatic hydroxyl groups is 1. The number of carbonyl (C=O) groups excluding carboxylic acids is 1. The Morgan fingerprint density at radius 3 is 2.74 bits per heavy atom. The van der Waals surface area contributed by atoms with E-state index in [2.05, 4.69) is 34.4 Å². The van der Waals surface area contributed by atoms with E-state index in [0.29, 0.717) is 31.9 Å². The molecule has 2 aliphatic heterocycles. The average molecular weight is 519 g/mol. The monoisotopic (exact) mass is 518 g/mol. The minimum atomic E-state index is -0.827. The standard InChI is InChI=1S/C30H38N4O4/c1-5-32(15-16-35)13-8-14-33-20(3)34-28(21-9-7-10-22(36)17-21)27-25(19-30(34,4)29(33)37)24-18-23(38-6-2)11-12-26(24)31-27/h7,9-12,17-18,28,31,35-36H,3,5-6,8,13-16,19H2,1-2,4H3/t28-,30+/m1/s1. The molecule has 8 heteroatoms. The first-order valence-corrected chi connectivity index (χ1v) is 13.5. The maximum atomic E-state index is 14.1. The highest BCUT2D eigenvalue weighted by Crippen LogP contribution is 2.51. The van der Waals surface area contributed by atoms with Gasteiger partial charge in [0.15, 0.2) is 0 Å². The van der Waals surface area contributed by atoms with Crippen LogP contribution in [-0.2, 0) is 11.2 Å². The van der Waals surface area contributed by atoms with Gasteiger partial charge in [-0.1, -0.05) is 25.6 Å². The third-order valence-electron chi connectivity index (χ3n) is 8.01. The molecule has 2 aromatic carbocycles. The third kappa shape index (κ3) is 4.31. The summed E-state index contributed by atoms with van der Waals surface area (Å²) in [6.45, 7) is 14.0. The van der Waals surface area contributed by atoms with Gasteiger partial charge in [-0.25, -0.2) is 0 Å². The second-order valence-corrected chi connectivity index (χ2v) is 10.4. The molecule has 2 aliphatic rings. The zero-order chi connectivity index (χ0) is 27.0. The first kappa shape index (κ1) is 26.1. The molecule has 38 heavy (non-hydrogen) atoms. The Morgan fingerprint density at radius 2 is 2.03 bits per heavy atom. The number of benzene rings is 2. The summed E-state index contributed by atoms with van der Waals surface area (Å²) in [6.07, 6.45) is 1.32. The van der Waals surface area contributed by atoms with Gasteiger partial charge in [-0.15, -0.1) is 0 Å². The SMILES string of the molecule is C=C1N(CCCN(CC)CCO)C(=O)[C@]2(C)Cc3c([nH]c4ccc(OCC)cc34)[C@@H](c3cccc(O)c3)N12. The number of H-pyrrole nitrogens is 1. The highest BCUT2D eigenvalue weighted by Gasteiger charge is 2.57. The molecular formula is C30H38N4O4. The fraction of sp³-hybridized carbons (Fsp3) is 0.433. The number of aromatic amines is 1. The average Bonchev–Trinajstić information content (AvgIpc) is 3.34. The summed E-state index contributed by atoms with van der Waals surface area (Å²) in [4.78, 5) is 23.9. The lowest BCUT2D eigenvalue weighted by Gasteiger charge is -2.44. The van der Waals surface area contributed by atoms with Gasteiger partial charge in [0, 0.05) is 36.1 Å². The van der Waals surface area contributed by atoms with E-state index in [1.54, 1.807) is 12.1 Å². The van der Waals surface area contributed by atoms with Gasteiger partial charge >= 0.3 is 0 Å². The molecule has 1 amide bonds. The first-order valence-electron chi connectivity index (χ1n) is 13.5. The summed E-state index contributed by atoms with van der Waals surface area (Å²) >= 11 is 0. The topological polar surface area (TPSA) is 92.3 Å². The lowest BCUT2D eigenvalue weighted by atomic mass is 9.81. The van der Waals surface area contributed by atoms with E-state index < -0.39 is 5.54 Å². The van der Waals surface area contributed by atoms with Gasteiger partial charge in [-0.05, 0) is 74.8 Å². The summed E-state index contributed by atoms with van der Waals surface area (Å²) in [7, 11) is 0. The van der Waals surface area contributed by atoms with Crippen LogP contribution in [0.2, 0.25) is 0 Å². The van der Waals surface area contributed by atoms with Gasteiger partial charge in [0.05, 0.1) is 19.3 Å². The number of phenolic OH excluding ortho intramolecular Hbond substituents is 1. The van der Waals surface area contributed by atoms with Crippen molar-refractivity contribution in [2.75, 3.05) is 39.4 Å². The normalized spacial score (nSPS) is 20.9. The van der Waals surface area contributed by atoms with Crippen molar-refractivity contribution < 1.29 is 19.7 Å². The number of nitrogens with zero attached hydrogens (tertiary/aromatic N) is 3. The number of hydrogen-bond acceptors (Lipinski definition) is 6. The van der Waals surface area contributed by atoms with Gasteiger partial charge in [0.1, 0.15) is 22.9 Å². The van der Waals surface area contributed by atoms with Gasteiger partial charge < -0.3 is 29.7 Å². The Balaban J connectivity index is 1.56. The summed E-state index contributed by atoms with van der Waals surface area (Å²) in [6, 6.07) is 13.0. The van der Waals surface area contributed by atoms with E-state index in [0.717, 1.165) is 53.0 Å². The van der Waals surface area contributed by atoms with E-state index in [4.69, 9.17) is 4.74 Å². The molecule has 3 heterocycles. The van der Waals surface area contributed by atoms with Crippen molar-refractivity contribution in [3.8, 4) is 11.5 Å². The van der Waals surface area contributed by atoms with Crippen molar-refractivity contribution in [2.24, 2.45) is 0 Å². The number of carbonyl (C=O) groups is 1. The number of ether oxygens (including phenoxy) is 1. The summed E-state index contributed by atoms with van der Waals surface area (Å²) < 4.78 is 5.79. The van der Waals surface area contributed by atoms with E-state index in [-0.39, 0.29) is 24.3 Å². The lowest BCUT2D eigenvalue weighted by molar-refractivity contribution is -0.133. The van der Waals surface area contributed by atoms with Gasteiger partial charge in [-0.3, -0.25) is 9.69 Å². The maximum absolute atomic E-state index is 14.1. The predicted octanol–water partition coefficient (Wildman–Crippen LogP) is 4.00. The molecule has 0 unspecified atom stereocenters. The van der Waals surface area contributed by atoms with E-state index in [1.165, 1.54) is 0 Å². The molecule has 1 aromatic heterocycles. The Labute approximate surface area is 224 Å². The number of aliphatic hydroxyl groups is 1. The number of amides is 1. The van der Waals surface area contributed by atoms with Crippen molar-refractivity contribution >= 4 is 16.8 Å². The van der Waals surface area contributed by atoms with Gasteiger partial charge in [-0.2, -0.15) is 0 Å². The number of nitrogens with one attached hydrogen (secondary N) is 1. The van der Waals surface area contributed by atoms with Crippen LogP contribution in [0.4, 0.5) is 0 Å².